The second-order valence-corrected chi connectivity index (χ2v) is 7.05. The van der Waals surface area contributed by atoms with E-state index in [-0.39, 0.29) is 10.8 Å². The SMILES string of the molecule is [C-]#[N+]/N=c1/c2cc3/c(=N\[N+]#[C-])c4c(F)c(F)c(F)c(F)c4c3cc2c2c(F)c(F)c(F)c(F)c12. The first-order valence-corrected chi connectivity index (χ1v) is 8.96. The topological polar surface area (TPSA) is 33.4 Å². The van der Waals surface area contributed by atoms with E-state index in [4.69, 9.17) is 13.1 Å². The lowest BCUT2D eigenvalue weighted by atomic mass is 10.1. The largest absolute Gasteiger partial charge is 0.203 e. The van der Waals surface area contributed by atoms with Gasteiger partial charge in [0.15, 0.2) is 57.3 Å². The van der Waals surface area contributed by atoms with Gasteiger partial charge < -0.3 is 0 Å². The molecule has 0 unspecified atom stereocenters. The highest BCUT2D eigenvalue weighted by atomic mass is 19.2. The van der Waals surface area contributed by atoms with Crippen LogP contribution in [0.3, 0.4) is 0 Å². The predicted molar refractivity (Wildman–Crippen MR) is 103 cm³/mol. The van der Waals surface area contributed by atoms with Crippen molar-refractivity contribution in [1.29, 1.82) is 0 Å². The van der Waals surface area contributed by atoms with E-state index in [1.165, 1.54) is 0 Å². The number of halogens is 8. The van der Waals surface area contributed by atoms with Gasteiger partial charge in [-0.05, 0) is 22.9 Å². The summed E-state index contributed by atoms with van der Waals surface area (Å²) in [4.78, 5) is 5.43. The van der Waals surface area contributed by atoms with Gasteiger partial charge in [0.05, 0.1) is 21.0 Å². The second-order valence-electron chi connectivity index (χ2n) is 7.05. The number of rotatable bonds is 0. The lowest BCUT2D eigenvalue weighted by Crippen LogP contribution is -2.05. The van der Waals surface area contributed by atoms with Gasteiger partial charge in [-0.2, -0.15) is 13.1 Å². The highest BCUT2D eigenvalue weighted by Crippen LogP contribution is 2.38. The van der Waals surface area contributed by atoms with Crippen molar-refractivity contribution in [3.63, 3.8) is 0 Å². The van der Waals surface area contributed by atoms with Gasteiger partial charge in [0.2, 0.25) is 0 Å². The van der Waals surface area contributed by atoms with Gasteiger partial charge in [0.25, 0.3) is 0 Å². The molecular formula is C22H2F8N4. The molecule has 0 heterocycles. The Hall–Kier alpha value is -4.58. The summed E-state index contributed by atoms with van der Waals surface area (Å²) in [5.74, 6) is -16.1. The van der Waals surface area contributed by atoms with E-state index in [2.05, 4.69) is 20.1 Å². The van der Waals surface area contributed by atoms with E-state index in [0.717, 1.165) is 12.1 Å². The highest BCUT2D eigenvalue weighted by molar-refractivity contribution is 6.21. The minimum Gasteiger partial charge on any atom is -0.203 e. The molecule has 0 amide bonds. The van der Waals surface area contributed by atoms with Crippen LogP contribution in [0.1, 0.15) is 0 Å². The Kier molecular flexibility index (Phi) is 4.35. The molecule has 34 heavy (non-hydrogen) atoms. The van der Waals surface area contributed by atoms with Crippen molar-refractivity contribution >= 4 is 43.1 Å². The lowest BCUT2D eigenvalue weighted by molar-refractivity contribution is 0.418. The molecule has 0 aromatic heterocycles. The Balaban J connectivity index is 2.23. The van der Waals surface area contributed by atoms with Gasteiger partial charge in [-0.3, -0.25) is 0 Å². The first kappa shape index (κ1) is 21.3. The molecule has 0 radical (unpaired) electrons. The van der Waals surface area contributed by atoms with E-state index >= 15 is 0 Å². The number of nitrogens with zero attached hydrogens (tertiary/aromatic N) is 4. The molecule has 5 rings (SSSR count). The van der Waals surface area contributed by atoms with E-state index in [1.54, 1.807) is 0 Å². The zero-order chi connectivity index (χ0) is 24.6. The average Bonchev–Trinajstić information content (AvgIpc) is 3.30. The van der Waals surface area contributed by atoms with Crippen LogP contribution in [0.25, 0.3) is 53.0 Å². The normalized spacial score (nSPS) is 13.0. The van der Waals surface area contributed by atoms with E-state index < -0.39 is 89.6 Å². The van der Waals surface area contributed by atoms with Crippen molar-refractivity contribution in [2.45, 2.75) is 0 Å². The summed E-state index contributed by atoms with van der Waals surface area (Å²) in [6.07, 6.45) is 0. The van der Waals surface area contributed by atoms with Crippen LogP contribution in [0, 0.1) is 59.7 Å². The molecule has 5 aromatic carbocycles. The van der Waals surface area contributed by atoms with Crippen molar-refractivity contribution in [3.8, 4) is 0 Å². The van der Waals surface area contributed by atoms with Crippen LogP contribution in [0.15, 0.2) is 22.3 Å². The minimum absolute atomic E-state index is 0.292. The first-order valence-electron chi connectivity index (χ1n) is 8.96. The van der Waals surface area contributed by atoms with Crippen LogP contribution in [-0.4, -0.2) is 0 Å². The molecule has 0 fully saturated rings. The van der Waals surface area contributed by atoms with Crippen LogP contribution in [0.2, 0.25) is 0 Å². The van der Waals surface area contributed by atoms with Crippen LogP contribution >= 0.6 is 0 Å². The molecule has 4 nitrogen and oxygen atoms in total. The van der Waals surface area contributed by atoms with Crippen molar-refractivity contribution in [2.24, 2.45) is 10.2 Å². The summed E-state index contributed by atoms with van der Waals surface area (Å²) < 4.78 is 114. The molecular weight excluding hydrogens is 472 g/mol. The van der Waals surface area contributed by atoms with Crippen molar-refractivity contribution < 1.29 is 35.1 Å². The Bertz CT molecular complexity index is 1830. The fourth-order valence-electron chi connectivity index (χ4n) is 4.20. The minimum atomic E-state index is -2.17. The molecule has 0 aliphatic carbocycles. The van der Waals surface area contributed by atoms with Gasteiger partial charge in [-0.15, -0.1) is 9.91 Å². The zero-order valence-electron chi connectivity index (χ0n) is 16.0. The Labute approximate surface area is 181 Å². The monoisotopic (exact) mass is 474 g/mol. The molecule has 0 aliphatic heterocycles. The average molecular weight is 474 g/mol. The molecule has 0 aliphatic rings. The standard InChI is InChI=1S/C22H2F8N4/c1-31-33-21-7-4-8-6(3-5(7)9-11(21)15(25)19(29)17(27)13(9)23)10-12(22(8)34-32-2)16(26)20(30)18(28)14(10)24/h3-4H/b33-21-,34-22+. The van der Waals surface area contributed by atoms with Gasteiger partial charge >= 0.3 is 0 Å². The van der Waals surface area contributed by atoms with Crippen LogP contribution in [-0.2, 0) is 0 Å². The summed E-state index contributed by atoms with van der Waals surface area (Å²) in [6, 6.07) is 1.82. The molecule has 166 valence electrons. The maximum atomic E-state index is 14.7. The molecule has 5 aromatic rings. The molecule has 0 atom stereocenters. The van der Waals surface area contributed by atoms with Crippen LogP contribution in [0.4, 0.5) is 35.1 Å². The van der Waals surface area contributed by atoms with Crippen molar-refractivity contribution in [2.75, 3.05) is 0 Å². The quantitative estimate of drug-likeness (QED) is 0.0900. The van der Waals surface area contributed by atoms with Crippen LogP contribution in [0.5, 0.6) is 0 Å². The third-order valence-electron chi connectivity index (χ3n) is 5.51. The molecule has 12 heteroatoms. The Morgan fingerprint density at radius 2 is 0.735 bits per heavy atom. The summed E-state index contributed by atoms with van der Waals surface area (Å²) in [5.41, 5.74) is 0. The molecule has 0 spiro atoms. The summed E-state index contributed by atoms with van der Waals surface area (Å²) >= 11 is 0. The third kappa shape index (κ3) is 2.39. The maximum absolute atomic E-state index is 14.7. The predicted octanol–water partition coefficient (Wildman–Crippen LogP) is 5.76. The summed E-state index contributed by atoms with van der Waals surface area (Å²) in [6.45, 7) is 13.9. The number of fused-ring (bicyclic) bond motifs is 6. The molecule has 0 bridgehead atoms. The van der Waals surface area contributed by atoms with Gasteiger partial charge in [0, 0.05) is 21.5 Å². The second kappa shape index (κ2) is 6.96. The molecule has 0 N–H and O–H groups in total. The number of hydrogen-bond acceptors (Lipinski definition) is 2. The fraction of sp³-hybridized carbons (Fsp3) is 0. The Morgan fingerprint density at radius 1 is 0.441 bits per heavy atom. The van der Waals surface area contributed by atoms with Gasteiger partial charge in [0.1, 0.15) is 0 Å². The summed E-state index contributed by atoms with van der Waals surface area (Å²) in [5, 5.41) is 0.478. The van der Waals surface area contributed by atoms with E-state index in [1.807, 2.05) is 0 Å². The maximum Gasteiger partial charge on any atom is 0.198 e. The molecule has 0 saturated carbocycles. The van der Waals surface area contributed by atoms with Gasteiger partial charge in [-0.1, -0.05) is 0 Å². The number of hydrogen-bond donors (Lipinski definition) is 0. The Morgan fingerprint density at radius 3 is 1.06 bits per heavy atom. The first-order chi connectivity index (χ1) is 16.1. The number of benzene rings is 3. The van der Waals surface area contributed by atoms with Gasteiger partial charge in [-0.25, -0.2) is 35.1 Å². The third-order valence-corrected chi connectivity index (χ3v) is 5.51. The van der Waals surface area contributed by atoms with Crippen LogP contribution < -0.4 is 10.7 Å². The fourth-order valence-corrected chi connectivity index (χ4v) is 4.20. The highest BCUT2D eigenvalue weighted by Gasteiger charge is 2.30. The zero-order valence-corrected chi connectivity index (χ0v) is 16.0. The smallest absolute Gasteiger partial charge is 0.198 e. The van der Waals surface area contributed by atoms with E-state index in [0.29, 0.717) is 0 Å². The lowest BCUT2D eigenvalue weighted by Gasteiger charge is -2.02. The summed E-state index contributed by atoms with van der Waals surface area (Å²) in [7, 11) is 0. The van der Waals surface area contributed by atoms with Crippen molar-refractivity contribution in [1.82, 2.24) is 0 Å². The van der Waals surface area contributed by atoms with E-state index in [9.17, 15) is 35.1 Å². The molecule has 0 saturated heterocycles. The van der Waals surface area contributed by atoms with Crippen molar-refractivity contribution in [3.05, 3.63) is 92.4 Å².